The molecule has 1 N–H and O–H groups in total. The predicted octanol–water partition coefficient (Wildman–Crippen LogP) is 1.44. The van der Waals surface area contributed by atoms with Gasteiger partial charge in [-0.15, -0.1) is 0 Å². The largest absolute Gasteiger partial charge is 0.340 e. The van der Waals surface area contributed by atoms with Gasteiger partial charge in [0, 0.05) is 32.0 Å². The Morgan fingerprint density at radius 3 is 2.73 bits per heavy atom. The molecule has 1 saturated heterocycles. The zero-order valence-corrected chi connectivity index (χ0v) is 12.8. The lowest BCUT2D eigenvalue weighted by atomic mass is 9.91. The van der Waals surface area contributed by atoms with Gasteiger partial charge in [-0.25, -0.2) is 9.67 Å². The van der Waals surface area contributed by atoms with Crippen LogP contribution in [0, 0.1) is 11.8 Å². The third-order valence-electron chi connectivity index (χ3n) is 5.38. The number of aromatic amines is 1. The molecule has 0 spiro atoms. The lowest BCUT2D eigenvalue weighted by Gasteiger charge is -2.16. The van der Waals surface area contributed by atoms with E-state index < -0.39 is 0 Å². The Labute approximate surface area is 129 Å². The third-order valence-corrected chi connectivity index (χ3v) is 5.38. The summed E-state index contributed by atoms with van der Waals surface area (Å²) in [5, 5.41) is 11.9. The van der Waals surface area contributed by atoms with Gasteiger partial charge < -0.3 is 4.90 Å². The molecular weight excluding hydrogens is 278 g/mol. The van der Waals surface area contributed by atoms with Crippen LogP contribution in [0.15, 0.2) is 6.33 Å². The molecule has 3 aliphatic rings. The molecule has 2 aromatic rings. The van der Waals surface area contributed by atoms with Crippen LogP contribution in [0.5, 0.6) is 0 Å². The number of anilines is 1. The van der Waals surface area contributed by atoms with Gasteiger partial charge in [-0.05, 0) is 37.5 Å². The smallest absolute Gasteiger partial charge is 0.223 e. The van der Waals surface area contributed by atoms with Crippen LogP contribution in [0.1, 0.15) is 49.2 Å². The minimum Gasteiger partial charge on any atom is -0.340 e. The maximum atomic E-state index is 4.82. The van der Waals surface area contributed by atoms with Gasteiger partial charge in [-0.3, -0.25) is 5.10 Å². The summed E-state index contributed by atoms with van der Waals surface area (Å²) < 4.78 is 1.86. The molecule has 2 aliphatic carbocycles. The number of nitrogens with one attached hydrogen (secondary N) is 1. The van der Waals surface area contributed by atoms with E-state index in [0.29, 0.717) is 17.8 Å². The quantitative estimate of drug-likeness (QED) is 0.924. The van der Waals surface area contributed by atoms with E-state index >= 15 is 0 Å². The van der Waals surface area contributed by atoms with E-state index in [-0.39, 0.29) is 0 Å². The Balaban J connectivity index is 1.43. The van der Waals surface area contributed by atoms with Gasteiger partial charge >= 0.3 is 0 Å². The minimum absolute atomic E-state index is 0.448. The Morgan fingerprint density at radius 1 is 1.18 bits per heavy atom. The number of aromatic nitrogens is 6. The topological polar surface area (TPSA) is 75.5 Å². The van der Waals surface area contributed by atoms with Crippen molar-refractivity contribution in [2.75, 3.05) is 18.0 Å². The highest BCUT2D eigenvalue weighted by atomic mass is 15.4. The molecule has 5 rings (SSSR count). The van der Waals surface area contributed by atoms with Crippen molar-refractivity contribution in [3.8, 4) is 0 Å². The van der Waals surface area contributed by atoms with Crippen molar-refractivity contribution < 1.29 is 0 Å². The SMILES string of the molecule is Cn1ncnc1N1C[C@H](c2nc(C3CC3)n[nH]2)[C@@H](C2CC2)C1. The highest BCUT2D eigenvalue weighted by Gasteiger charge is 2.45. The van der Waals surface area contributed by atoms with Crippen molar-refractivity contribution in [3.05, 3.63) is 18.0 Å². The zero-order chi connectivity index (χ0) is 14.7. The van der Waals surface area contributed by atoms with Gasteiger partial charge in [-0.2, -0.15) is 15.2 Å². The molecule has 22 heavy (non-hydrogen) atoms. The van der Waals surface area contributed by atoms with Crippen LogP contribution in [-0.2, 0) is 7.05 Å². The lowest BCUT2D eigenvalue weighted by Crippen LogP contribution is -2.23. The molecule has 2 saturated carbocycles. The summed E-state index contributed by atoms with van der Waals surface area (Å²) in [6, 6.07) is 0. The van der Waals surface area contributed by atoms with Crippen molar-refractivity contribution in [3.63, 3.8) is 0 Å². The van der Waals surface area contributed by atoms with Gasteiger partial charge in [0.15, 0.2) is 5.82 Å². The average Bonchev–Trinajstić information content (AvgIpc) is 3.41. The van der Waals surface area contributed by atoms with Crippen molar-refractivity contribution in [1.82, 2.24) is 29.9 Å². The van der Waals surface area contributed by atoms with Crippen molar-refractivity contribution >= 4 is 5.95 Å². The molecular formula is C15H21N7. The summed E-state index contributed by atoms with van der Waals surface area (Å²) >= 11 is 0. The van der Waals surface area contributed by atoms with Crippen LogP contribution in [0.2, 0.25) is 0 Å². The summed E-state index contributed by atoms with van der Waals surface area (Å²) in [5.74, 6) is 5.65. The molecule has 0 bridgehead atoms. The minimum atomic E-state index is 0.448. The maximum absolute atomic E-state index is 4.82. The first-order valence-electron chi connectivity index (χ1n) is 8.30. The average molecular weight is 299 g/mol. The zero-order valence-electron chi connectivity index (χ0n) is 12.8. The highest BCUT2D eigenvalue weighted by Crippen LogP contribution is 2.48. The van der Waals surface area contributed by atoms with E-state index in [4.69, 9.17) is 4.98 Å². The second kappa shape index (κ2) is 4.54. The number of rotatable bonds is 4. The van der Waals surface area contributed by atoms with Gasteiger partial charge in [-0.1, -0.05) is 0 Å². The van der Waals surface area contributed by atoms with Crippen LogP contribution < -0.4 is 4.90 Å². The number of hydrogen-bond acceptors (Lipinski definition) is 5. The molecule has 0 radical (unpaired) electrons. The van der Waals surface area contributed by atoms with E-state index in [2.05, 4.69) is 25.2 Å². The highest BCUT2D eigenvalue weighted by molar-refractivity contribution is 5.34. The van der Waals surface area contributed by atoms with Gasteiger partial charge in [0.05, 0.1) is 0 Å². The molecule has 1 aliphatic heterocycles. The second-order valence-electron chi connectivity index (χ2n) is 7.05. The molecule has 7 heteroatoms. The standard InChI is InChI=1S/C15H21N7/c1-21-15(16-8-17-21)22-6-11(9-2-3-9)12(7-22)14-18-13(19-20-14)10-4-5-10/h8-12H,2-7H2,1H3,(H,18,19,20)/t11-,12+/m1/s1. The maximum Gasteiger partial charge on any atom is 0.223 e. The Morgan fingerprint density at radius 2 is 2.05 bits per heavy atom. The van der Waals surface area contributed by atoms with Crippen molar-refractivity contribution in [1.29, 1.82) is 0 Å². The second-order valence-corrected chi connectivity index (χ2v) is 7.05. The fourth-order valence-corrected chi connectivity index (χ4v) is 3.84. The molecule has 3 fully saturated rings. The molecule has 7 nitrogen and oxygen atoms in total. The van der Waals surface area contributed by atoms with Crippen molar-refractivity contribution in [2.45, 2.75) is 37.5 Å². The number of aryl methyl sites for hydroxylation is 1. The summed E-state index contributed by atoms with van der Waals surface area (Å²) in [7, 11) is 1.96. The summed E-state index contributed by atoms with van der Waals surface area (Å²) in [4.78, 5) is 11.6. The van der Waals surface area contributed by atoms with E-state index in [1.165, 1.54) is 25.7 Å². The van der Waals surface area contributed by atoms with E-state index in [1.54, 1.807) is 6.33 Å². The van der Waals surface area contributed by atoms with Crippen LogP contribution >= 0.6 is 0 Å². The summed E-state index contributed by atoms with van der Waals surface area (Å²) in [5.41, 5.74) is 0. The predicted molar refractivity (Wildman–Crippen MR) is 80.5 cm³/mol. The number of nitrogens with zero attached hydrogens (tertiary/aromatic N) is 6. The van der Waals surface area contributed by atoms with Crippen LogP contribution in [-0.4, -0.2) is 43.0 Å². The molecule has 0 unspecified atom stereocenters. The monoisotopic (exact) mass is 299 g/mol. The Bertz CT molecular complexity index is 682. The fourth-order valence-electron chi connectivity index (χ4n) is 3.84. The van der Waals surface area contributed by atoms with Crippen LogP contribution in [0.4, 0.5) is 5.95 Å². The summed E-state index contributed by atoms with van der Waals surface area (Å²) in [6.07, 6.45) is 6.85. The van der Waals surface area contributed by atoms with Crippen molar-refractivity contribution in [2.24, 2.45) is 18.9 Å². The molecule has 0 aromatic carbocycles. The van der Waals surface area contributed by atoms with Gasteiger partial charge in [0.1, 0.15) is 12.2 Å². The normalized spacial score (nSPS) is 28.5. The third kappa shape index (κ3) is 2.02. The summed E-state index contributed by atoms with van der Waals surface area (Å²) in [6.45, 7) is 2.02. The lowest BCUT2D eigenvalue weighted by molar-refractivity contribution is 0.444. The molecule has 3 heterocycles. The Hall–Kier alpha value is -1.92. The first-order chi connectivity index (χ1) is 10.8. The van der Waals surface area contributed by atoms with Gasteiger partial charge in [0.25, 0.3) is 0 Å². The van der Waals surface area contributed by atoms with Gasteiger partial charge in [0.2, 0.25) is 5.95 Å². The number of H-pyrrole nitrogens is 1. The molecule has 2 atom stereocenters. The fraction of sp³-hybridized carbons (Fsp3) is 0.733. The molecule has 0 amide bonds. The number of hydrogen-bond donors (Lipinski definition) is 1. The Kier molecular flexibility index (Phi) is 2.60. The first kappa shape index (κ1) is 12.6. The van der Waals surface area contributed by atoms with E-state index in [9.17, 15) is 0 Å². The van der Waals surface area contributed by atoms with Crippen LogP contribution in [0.25, 0.3) is 0 Å². The van der Waals surface area contributed by atoms with E-state index in [0.717, 1.165) is 36.6 Å². The first-order valence-corrected chi connectivity index (χ1v) is 8.30. The molecule has 116 valence electrons. The van der Waals surface area contributed by atoms with Crippen LogP contribution in [0.3, 0.4) is 0 Å². The molecule has 2 aromatic heterocycles. The van der Waals surface area contributed by atoms with E-state index in [1.807, 2.05) is 11.7 Å².